The summed E-state index contributed by atoms with van der Waals surface area (Å²) in [7, 11) is 0. The zero-order valence-electron chi connectivity index (χ0n) is 36.6. The van der Waals surface area contributed by atoms with Gasteiger partial charge in [0.1, 0.15) is 0 Å². The smallest absolute Gasteiger partial charge is 0.0181 e. The summed E-state index contributed by atoms with van der Waals surface area (Å²) < 4.78 is 0. The van der Waals surface area contributed by atoms with E-state index >= 15 is 0 Å². The standard InChI is InChI=1S/C12H27N.C9H21N.C6H15N.C6H12.C3H9N.2C2H6.2CH4/c1-9(2)12(7,8)13(10(3)4)11(5)6;1-7(2)9(5,6)10-8(3)4;1-5(2)7-6(3)4;1-5(2)6(3)4;1-3(2)4;2*1-2;;/h9-11H,1-8H3;7-8,10H,1-6H3;5-7H,1-4H3;1-4H3;3H,4H2,1-2H3;2*1-2H3;2*1H4. The average molecular weight is 665 g/mol. The number of allylic oxidation sites excluding steroid dienone is 2. The predicted octanol–water partition coefficient (Wildman–Crippen LogP) is 13.4. The van der Waals surface area contributed by atoms with Gasteiger partial charge in [-0.05, 0) is 101 Å². The van der Waals surface area contributed by atoms with E-state index in [1.807, 2.05) is 41.5 Å². The van der Waals surface area contributed by atoms with Gasteiger partial charge in [-0.15, -0.1) is 0 Å². The molecule has 0 saturated carbocycles. The Morgan fingerprint density at radius 3 is 0.783 bits per heavy atom. The summed E-state index contributed by atoms with van der Waals surface area (Å²) in [6.07, 6.45) is 0. The molecule has 0 aliphatic carbocycles. The van der Waals surface area contributed by atoms with Crippen molar-refractivity contribution in [1.29, 1.82) is 0 Å². The first-order chi connectivity index (χ1) is 19.6. The number of nitrogens with one attached hydrogen (secondary N) is 2. The van der Waals surface area contributed by atoms with Crippen molar-refractivity contribution in [2.45, 2.75) is 256 Å². The van der Waals surface area contributed by atoms with Crippen molar-refractivity contribution in [1.82, 2.24) is 15.5 Å². The highest BCUT2D eigenvalue weighted by Crippen LogP contribution is 2.28. The summed E-state index contributed by atoms with van der Waals surface area (Å²) in [5.74, 6) is 1.38. The third-order valence-electron chi connectivity index (χ3n) is 6.96. The molecule has 4 heteroatoms. The van der Waals surface area contributed by atoms with Crippen LogP contribution in [-0.4, -0.2) is 52.2 Å². The van der Waals surface area contributed by atoms with E-state index in [0.717, 1.165) is 0 Å². The Hall–Kier alpha value is -0.420. The van der Waals surface area contributed by atoms with Crippen LogP contribution in [-0.2, 0) is 0 Å². The van der Waals surface area contributed by atoms with Gasteiger partial charge in [-0.2, -0.15) is 0 Å². The minimum Gasteiger partial charge on any atom is -0.328 e. The van der Waals surface area contributed by atoms with Gasteiger partial charge in [0, 0.05) is 41.3 Å². The summed E-state index contributed by atoms with van der Waals surface area (Å²) in [5.41, 5.74) is 8.53. The van der Waals surface area contributed by atoms with Crippen LogP contribution in [0.5, 0.6) is 0 Å². The number of nitrogens with two attached hydrogens (primary N) is 1. The van der Waals surface area contributed by atoms with Gasteiger partial charge in [0.15, 0.2) is 0 Å². The lowest BCUT2D eigenvalue weighted by molar-refractivity contribution is 0.0181. The second kappa shape index (κ2) is 39.0. The average Bonchev–Trinajstić information content (AvgIpc) is 2.80. The Labute approximate surface area is 299 Å². The largest absolute Gasteiger partial charge is 0.328 e. The minimum absolute atomic E-state index is 0. The zero-order valence-corrected chi connectivity index (χ0v) is 36.6. The van der Waals surface area contributed by atoms with Crippen LogP contribution >= 0.6 is 0 Å². The summed E-state index contributed by atoms with van der Waals surface area (Å²) >= 11 is 0. The fourth-order valence-corrected chi connectivity index (χ4v) is 3.80. The molecule has 0 radical (unpaired) electrons. The van der Waals surface area contributed by atoms with Crippen molar-refractivity contribution in [3.63, 3.8) is 0 Å². The van der Waals surface area contributed by atoms with Gasteiger partial charge < -0.3 is 16.4 Å². The molecular formula is C42H104N4. The first-order valence-corrected chi connectivity index (χ1v) is 18.3. The Morgan fingerprint density at radius 2 is 0.739 bits per heavy atom. The lowest BCUT2D eigenvalue weighted by atomic mass is 9.86. The maximum absolute atomic E-state index is 5.11. The molecule has 0 saturated heterocycles. The first-order valence-electron chi connectivity index (χ1n) is 18.3. The third-order valence-corrected chi connectivity index (χ3v) is 6.96. The Bertz CT molecular complexity index is 546. The maximum atomic E-state index is 5.11. The minimum atomic E-state index is 0. The van der Waals surface area contributed by atoms with Crippen LogP contribution in [0.3, 0.4) is 0 Å². The van der Waals surface area contributed by atoms with E-state index in [2.05, 4.69) is 168 Å². The highest BCUT2D eigenvalue weighted by Gasteiger charge is 2.33. The molecule has 292 valence electrons. The van der Waals surface area contributed by atoms with E-state index < -0.39 is 0 Å². The van der Waals surface area contributed by atoms with E-state index in [1.165, 1.54) is 11.1 Å². The van der Waals surface area contributed by atoms with Gasteiger partial charge >= 0.3 is 0 Å². The highest BCUT2D eigenvalue weighted by molar-refractivity contribution is 5.02. The molecule has 0 rings (SSSR count). The van der Waals surface area contributed by atoms with Crippen molar-refractivity contribution in [3.8, 4) is 0 Å². The van der Waals surface area contributed by atoms with Crippen LogP contribution in [0.1, 0.15) is 209 Å². The van der Waals surface area contributed by atoms with Crippen molar-refractivity contribution < 1.29 is 0 Å². The van der Waals surface area contributed by atoms with Crippen LogP contribution in [0.2, 0.25) is 0 Å². The fourth-order valence-electron chi connectivity index (χ4n) is 3.80. The molecule has 46 heavy (non-hydrogen) atoms. The van der Waals surface area contributed by atoms with Gasteiger partial charge in [0.2, 0.25) is 0 Å². The molecule has 0 heterocycles. The number of hydrogen-bond acceptors (Lipinski definition) is 4. The van der Waals surface area contributed by atoms with Gasteiger partial charge in [-0.1, -0.05) is 137 Å². The Morgan fingerprint density at radius 1 is 0.500 bits per heavy atom. The van der Waals surface area contributed by atoms with Crippen LogP contribution in [0.15, 0.2) is 11.1 Å². The molecule has 0 aromatic carbocycles. The van der Waals surface area contributed by atoms with Crippen LogP contribution < -0.4 is 16.4 Å². The Balaban J connectivity index is -0.0000000534. The van der Waals surface area contributed by atoms with E-state index in [-0.39, 0.29) is 20.4 Å². The van der Waals surface area contributed by atoms with Crippen LogP contribution in [0, 0.1) is 11.8 Å². The molecule has 0 aliphatic heterocycles. The monoisotopic (exact) mass is 665 g/mol. The number of rotatable bonds is 9. The highest BCUT2D eigenvalue weighted by atomic mass is 15.2. The van der Waals surface area contributed by atoms with Gasteiger partial charge in [0.05, 0.1) is 0 Å². The SMILES string of the molecule is C.C.CC.CC.CC(C)=C(C)C.CC(C)N.CC(C)N(C(C)C)C(C)(C)C(C)C.CC(C)NC(C)(C)C(C)C.CC(C)NC(C)C. The maximum Gasteiger partial charge on any atom is 0.0181 e. The van der Waals surface area contributed by atoms with Gasteiger partial charge in [0.25, 0.3) is 0 Å². The second-order valence-electron chi connectivity index (χ2n) is 15.3. The van der Waals surface area contributed by atoms with Gasteiger partial charge in [-0.25, -0.2) is 0 Å². The van der Waals surface area contributed by atoms with Crippen LogP contribution in [0.4, 0.5) is 0 Å². The summed E-state index contributed by atoms with van der Waals surface area (Å²) in [6, 6.07) is 3.41. The summed E-state index contributed by atoms with van der Waals surface area (Å²) in [6.45, 7) is 60.8. The Kier molecular flexibility index (Phi) is 57.4. The molecule has 0 atom stereocenters. The molecule has 4 N–H and O–H groups in total. The van der Waals surface area contributed by atoms with E-state index in [9.17, 15) is 0 Å². The van der Waals surface area contributed by atoms with Crippen molar-refractivity contribution >= 4 is 0 Å². The third kappa shape index (κ3) is 53.1. The number of hydrogen-bond donors (Lipinski definition) is 3. The fraction of sp³-hybridized carbons (Fsp3) is 0.952. The van der Waals surface area contributed by atoms with Crippen molar-refractivity contribution in [2.75, 3.05) is 0 Å². The molecule has 0 aliphatic rings. The van der Waals surface area contributed by atoms with Crippen LogP contribution in [0.25, 0.3) is 0 Å². The normalized spacial score (nSPS) is 10.6. The van der Waals surface area contributed by atoms with Crippen molar-refractivity contribution in [3.05, 3.63) is 11.1 Å². The predicted molar refractivity (Wildman–Crippen MR) is 227 cm³/mol. The topological polar surface area (TPSA) is 53.3 Å². The molecular weight excluding hydrogens is 560 g/mol. The van der Waals surface area contributed by atoms with Gasteiger partial charge in [-0.3, -0.25) is 4.90 Å². The van der Waals surface area contributed by atoms with E-state index in [1.54, 1.807) is 0 Å². The first kappa shape index (κ1) is 67.7. The van der Waals surface area contributed by atoms with E-state index in [0.29, 0.717) is 53.6 Å². The molecule has 0 unspecified atom stereocenters. The molecule has 0 bridgehead atoms. The molecule has 0 aromatic heterocycles. The lowest BCUT2D eigenvalue weighted by Crippen LogP contribution is -2.54. The zero-order chi connectivity index (χ0) is 37.8. The molecule has 0 aromatic rings. The molecule has 4 nitrogen and oxygen atoms in total. The van der Waals surface area contributed by atoms with E-state index in [4.69, 9.17) is 5.73 Å². The molecule has 0 amide bonds. The summed E-state index contributed by atoms with van der Waals surface area (Å²) in [5, 5.41) is 6.82. The van der Waals surface area contributed by atoms with Crippen molar-refractivity contribution in [2.24, 2.45) is 17.6 Å². The molecule has 0 fully saturated rings. The lowest BCUT2D eigenvalue weighted by Gasteiger charge is -2.47. The molecule has 0 spiro atoms. The second-order valence-corrected chi connectivity index (χ2v) is 15.3. The quantitative estimate of drug-likeness (QED) is 0.215. The summed E-state index contributed by atoms with van der Waals surface area (Å²) in [4.78, 5) is 2.59. The number of nitrogens with zero attached hydrogens (tertiary/aromatic N) is 1.